The highest BCUT2D eigenvalue weighted by molar-refractivity contribution is 14.1. The lowest BCUT2D eigenvalue weighted by Gasteiger charge is -2.03. The fourth-order valence-electron chi connectivity index (χ4n) is 1.95. The lowest BCUT2D eigenvalue weighted by Crippen LogP contribution is -1.96. The summed E-state index contributed by atoms with van der Waals surface area (Å²) in [6.45, 7) is 3.19. The Morgan fingerprint density at radius 3 is 2.94 bits per heavy atom. The third kappa shape index (κ3) is 2.30. The normalized spacial score (nSPS) is 10.9. The molecule has 0 unspecified atom stereocenters. The molecule has 0 saturated heterocycles. The molecule has 2 rings (SSSR count). The first kappa shape index (κ1) is 12.0. The zero-order chi connectivity index (χ0) is 11.5. The predicted octanol–water partition coefficient (Wildman–Crippen LogP) is 4.12. The number of aromatic nitrogens is 1. The van der Waals surface area contributed by atoms with E-state index in [0.717, 1.165) is 6.54 Å². The quantitative estimate of drug-likeness (QED) is 0.459. The number of benzene rings is 1. The first-order valence-corrected chi connectivity index (χ1v) is 7.36. The van der Waals surface area contributed by atoms with Gasteiger partial charge in [-0.25, -0.2) is 0 Å². The number of rotatable bonds is 4. The van der Waals surface area contributed by atoms with Gasteiger partial charge in [-0.3, -0.25) is 0 Å². The summed E-state index contributed by atoms with van der Waals surface area (Å²) in [6.07, 6.45) is 3.37. The number of aryl methyl sites for hydroxylation is 2. The molecule has 2 aromatic rings. The van der Waals surface area contributed by atoms with Crippen LogP contribution in [0.1, 0.15) is 17.5 Å². The first-order chi connectivity index (χ1) is 7.76. The van der Waals surface area contributed by atoms with Gasteiger partial charge in [0.1, 0.15) is 0 Å². The highest BCUT2D eigenvalue weighted by Gasteiger charge is 2.06. The van der Waals surface area contributed by atoms with Gasteiger partial charge in [0.2, 0.25) is 0 Å². The zero-order valence-electron chi connectivity index (χ0n) is 9.24. The third-order valence-electron chi connectivity index (χ3n) is 2.73. The molecular formula is C13H14INS. The van der Waals surface area contributed by atoms with Crippen molar-refractivity contribution in [3.63, 3.8) is 0 Å². The molecule has 0 atom stereocenters. The maximum atomic E-state index is 5.08. The lowest BCUT2D eigenvalue weighted by molar-refractivity contribution is 0.714. The van der Waals surface area contributed by atoms with E-state index in [0.29, 0.717) is 0 Å². The van der Waals surface area contributed by atoms with Crippen molar-refractivity contribution in [1.82, 2.24) is 4.57 Å². The molecule has 84 valence electrons. The smallest absolute Gasteiger partial charge is 0.0487 e. The van der Waals surface area contributed by atoms with Crippen LogP contribution in [-0.4, -0.2) is 14.4 Å². The molecule has 1 aromatic heterocycles. The van der Waals surface area contributed by atoms with E-state index >= 15 is 0 Å². The number of halogens is 1. The minimum absolute atomic E-state index is 1.08. The van der Waals surface area contributed by atoms with Crippen molar-refractivity contribution >= 4 is 51.1 Å². The van der Waals surface area contributed by atoms with E-state index < -0.39 is 0 Å². The van der Waals surface area contributed by atoms with E-state index in [1.807, 2.05) is 0 Å². The van der Waals surface area contributed by atoms with E-state index in [4.69, 9.17) is 12.2 Å². The Hall–Kier alpha value is -0.420. The topological polar surface area (TPSA) is 4.93 Å². The Labute approximate surface area is 115 Å². The number of fused-ring (bicyclic) bond motifs is 1. The summed E-state index contributed by atoms with van der Waals surface area (Å²) in [5, 5.41) is 3.06. The van der Waals surface area contributed by atoms with Crippen LogP contribution < -0.4 is 0 Å². The van der Waals surface area contributed by atoms with E-state index in [2.05, 4.69) is 58.5 Å². The Bertz CT molecular complexity index is 516. The molecule has 0 N–H and O–H groups in total. The predicted molar refractivity (Wildman–Crippen MR) is 82.9 cm³/mol. The van der Waals surface area contributed by atoms with E-state index in [1.54, 1.807) is 5.37 Å². The van der Waals surface area contributed by atoms with Gasteiger partial charge in [-0.15, -0.1) is 0 Å². The van der Waals surface area contributed by atoms with Crippen molar-refractivity contribution in [3.05, 3.63) is 35.5 Å². The number of alkyl halides is 1. The van der Waals surface area contributed by atoms with Gasteiger partial charge in [0, 0.05) is 39.0 Å². The van der Waals surface area contributed by atoms with Crippen LogP contribution in [0.25, 0.3) is 10.9 Å². The van der Waals surface area contributed by atoms with E-state index in [9.17, 15) is 0 Å². The number of nitrogens with zero attached hydrogens (tertiary/aromatic N) is 1. The molecule has 0 bridgehead atoms. The molecule has 1 nitrogen and oxygen atoms in total. The van der Waals surface area contributed by atoms with Crippen molar-refractivity contribution in [2.75, 3.05) is 4.43 Å². The molecule has 0 spiro atoms. The second-order valence-corrected chi connectivity index (χ2v) is 5.27. The summed E-state index contributed by atoms with van der Waals surface area (Å²) >= 11 is 7.49. The summed E-state index contributed by atoms with van der Waals surface area (Å²) in [7, 11) is 0. The molecule has 0 amide bonds. The van der Waals surface area contributed by atoms with Crippen LogP contribution in [0.2, 0.25) is 0 Å². The van der Waals surface area contributed by atoms with E-state index in [1.165, 1.54) is 32.9 Å². The Morgan fingerprint density at radius 2 is 2.25 bits per heavy atom. The maximum Gasteiger partial charge on any atom is 0.0487 e. The highest BCUT2D eigenvalue weighted by atomic mass is 127. The average molecular weight is 343 g/mol. The maximum absolute atomic E-state index is 5.08. The summed E-state index contributed by atoms with van der Waals surface area (Å²) in [6, 6.07) is 6.57. The van der Waals surface area contributed by atoms with Gasteiger partial charge in [-0.1, -0.05) is 46.4 Å². The Kier molecular flexibility index (Phi) is 3.97. The molecule has 3 heteroatoms. The Morgan fingerprint density at radius 1 is 1.44 bits per heavy atom. The molecule has 0 radical (unpaired) electrons. The average Bonchev–Trinajstić information content (AvgIpc) is 2.63. The van der Waals surface area contributed by atoms with Crippen LogP contribution in [-0.2, 0) is 6.54 Å². The fraction of sp³-hybridized carbons (Fsp3) is 0.308. The van der Waals surface area contributed by atoms with Crippen molar-refractivity contribution in [2.45, 2.75) is 19.9 Å². The SMILES string of the molecule is Cc1ccc2c(c1)c(C=S)cn2CCCI. The third-order valence-corrected chi connectivity index (χ3v) is 3.74. The fourth-order valence-corrected chi connectivity index (χ4v) is 2.48. The van der Waals surface area contributed by atoms with Crippen molar-refractivity contribution < 1.29 is 0 Å². The minimum Gasteiger partial charge on any atom is -0.347 e. The van der Waals surface area contributed by atoms with Crippen molar-refractivity contribution in [1.29, 1.82) is 0 Å². The summed E-state index contributed by atoms with van der Waals surface area (Å²) in [5.74, 6) is 0. The molecule has 1 heterocycles. The van der Waals surface area contributed by atoms with Crippen LogP contribution in [0.5, 0.6) is 0 Å². The van der Waals surface area contributed by atoms with Crippen LogP contribution in [0.4, 0.5) is 0 Å². The minimum atomic E-state index is 1.08. The van der Waals surface area contributed by atoms with Gasteiger partial charge in [-0.2, -0.15) is 0 Å². The molecule has 0 aliphatic rings. The van der Waals surface area contributed by atoms with Gasteiger partial charge in [0.05, 0.1) is 0 Å². The molecule has 0 fully saturated rings. The Balaban J connectivity index is 2.54. The van der Waals surface area contributed by atoms with Crippen LogP contribution in [0.3, 0.4) is 0 Å². The molecule has 0 aliphatic heterocycles. The molecule has 16 heavy (non-hydrogen) atoms. The monoisotopic (exact) mass is 343 g/mol. The highest BCUT2D eigenvalue weighted by Crippen LogP contribution is 2.22. The number of thiocarbonyl (C=S) groups is 1. The van der Waals surface area contributed by atoms with Crippen LogP contribution in [0, 0.1) is 6.92 Å². The molecule has 0 saturated carbocycles. The molecular weight excluding hydrogens is 329 g/mol. The summed E-state index contributed by atoms with van der Waals surface area (Å²) in [4.78, 5) is 0. The van der Waals surface area contributed by atoms with Gasteiger partial charge < -0.3 is 4.57 Å². The lowest BCUT2D eigenvalue weighted by atomic mass is 10.1. The summed E-state index contributed by atoms with van der Waals surface area (Å²) < 4.78 is 3.50. The number of hydrogen-bond acceptors (Lipinski definition) is 1. The standard InChI is InChI=1S/C13H14INS/c1-10-3-4-13-12(7-10)11(9-16)8-15(13)6-2-5-14/h3-4,7-9H,2,5-6H2,1H3. The second-order valence-electron chi connectivity index (χ2n) is 3.96. The number of hydrogen-bond donors (Lipinski definition) is 0. The van der Waals surface area contributed by atoms with Crippen molar-refractivity contribution in [3.8, 4) is 0 Å². The second kappa shape index (κ2) is 5.27. The largest absolute Gasteiger partial charge is 0.347 e. The van der Waals surface area contributed by atoms with Crippen molar-refractivity contribution in [2.24, 2.45) is 0 Å². The molecule has 1 aromatic carbocycles. The zero-order valence-corrected chi connectivity index (χ0v) is 12.2. The van der Waals surface area contributed by atoms with Crippen LogP contribution >= 0.6 is 34.8 Å². The molecule has 0 aliphatic carbocycles. The van der Waals surface area contributed by atoms with Crippen LogP contribution in [0.15, 0.2) is 24.4 Å². The van der Waals surface area contributed by atoms with E-state index in [-0.39, 0.29) is 0 Å². The van der Waals surface area contributed by atoms with Gasteiger partial charge in [-0.05, 0) is 25.5 Å². The summed E-state index contributed by atoms with van der Waals surface area (Å²) in [5.41, 5.74) is 3.76. The van der Waals surface area contributed by atoms with Gasteiger partial charge in [0.15, 0.2) is 0 Å². The first-order valence-electron chi connectivity index (χ1n) is 5.37. The van der Waals surface area contributed by atoms with Gasteiger partial charge >= 0.3 is 0 Å². The van der Waals surface area contributed by atoms with Gasteiger partial charge in [0.25, 0.3) is 0 Å².